The first-order valence-corrected chi connectivity index (χ1v) is 6.73. The number of benzene rings is 1. The van der Waals surface area contributed by atoms with Crippen molar-refractivity contribution in [3.05, 3.63) is 41.3 Å². The molecule has 20 heavy (non-hydrogen) atoms. The molecule has 0 saturated carbocycles. The number of aromatic nitrogens is 2. The summed E-state index contributed by atoms with van der Waals surface area (Å²) >= 11 is 0. The van der Waals surface area contributed by atoms with Gasteiger partial charge in [0.15, 0.2) is 0 Å². The van der Waals surface area contributed by atoms with Gasteiger partial charge in [-0.1, -0.05) is 0 Å². The lowest BCUT2D eigenvalue weighted by Gasteiger charge is -2.36. The van der Waals surface area contributed by atoms with Gasteiger partial charge in [-0.05, 0) is 50.5 Å². The first kappa shape index (κ1) is 12.8. The Morgan fingerprint density at radius 2 is 2.10 bits per heavy atom. The second-order valence-electron chi connectivity index (χ2n) is 5.26. The van der Waals surface area contributed by atoms with Crippen molar-refractivity contribution in [2.45, 2.75) is 32.7 Å². The summed E-state index contributed by atoms with van der Waals surface area (Å²) in [5, 5.41) is 0. The van der Waals surface area contributed by atoms with Gasteiger partial charge in [-0.3, -0.25) is 0 Å². The standard InChI is InChI=1S/C15H17FN4/c1-9-7-14(19-15(17)18-9)20-10(2)3-4-11-8-12(16)5-6-13(11)20/h5-8,10H,3-4H2,1-2H3,(H2,17,18,19). The maximum Gasteiger partial charge on any atom is 0.222 e. The molecule has 1 aromatic carbocycles. The van der Waals surface area contributed by atoms with E-state index in [1.165, 1.54) is 6.07 Å². The number of nitrogens with two attached hydrogens (primary N) is 1. The molecule has 2 heterocycles. The fraction of sp³-hybridized carbons (Fsp3) is 0.333. The Balaban J connectivity index is 2.13. The van der Waals surface area contributed by atoms with Crippen LogP contribution in [-0.2, 0) is 6.42 Å². The van der Waals surface area contributed by atoms with Crippen molar-refractivity contribution in [2.75, 3.05) is 10.6 Å². The molecular weight excluding hydrogens is 255 g/mol. The Morgan fingerprint density at radius 3 is 2.85 bits per heavy atom. The van der Waals surface area contributed by atoms with Gasteiger partial charge in [0.25, 0.3) is 0 Å². The minimum absolute atomic E-state index is 0.198. The molecule has 1 aliphatic heterocycles. The van der Waals surface area contributed by atoms with Crippen LogP contribution in [0, 0.1) is 12.7 Å². The molecule has 0 spiro atoms. The summed E-state index contributed by atoms with van der Waals surface area (Å²) in [5.74, 6) is 0.841. The molecule has 0 saturated heterocycles. The van der Waals surface area contributed by atoms with Crippen LogP contribution < -0.4 is 10.6 Å². The minimum Gasteiger partial charge on any atom is -0.368 e. The highest BCUT2D eigenvalue weighted by atomic mass is 19.1. The van der Waals surface area contributed by atoms with E-state index in [1.54, 1.807) is 6.07 Å². The summed E-state index contributed by atoms with van der Waals surface area (Å²) in [4.78, 5) is 10.5. The molecule has 1 aliphatic rings. The first-order chi connectivity index (χ1) is 9.54. The highest BCUT2D eigenvalue weighted by Gasteiger charge is 2.26. The predicted octanol–water partition coefficient (Wildman–Crippen LogP) is 2.98. The molecule has 5 heteroatoms. The summed E-state index contributed by atoms with van der Waals surface area (Å²) in [5.41, 5.74) is 8.59. The van der Waals surface area contributed by atoms with Gasteiger partial charge in [0, 0.05) is 23.5 Å². The zero-order chi connectivity index (χ0) is 14.3. The van der Waals surface area contributed by atoms with Crippen LogP contribution in [0.4, 0.5) is 21.8 Å². The Hall–Kier alpha value is -2.17. The highest BCUT2D eigenvalue weighted by Crippen LogP contribution is 2.36. The molecule has 0 radical (unpaired) electrons. The number of aryl methyl sites for hydroxylation is 2. The van der Waals surface area contributed by atoms with E-state index in [2.05, 4.69) is 21.8 Å². The molecule has 0 amide bonds. The normalized spacial score (nSPS) is 17.9. The molecule has 3 rings (SSSR count). The SMILES string of the molecule is Cc1cc(N2c3ccc(F)cc3CCC2C)nc(N)n1. The van der Waals surface area contributed by atoms with E-state index in [-0.39, 0.29) is 11.8 Å². The largest absolute Gasteiger partial charge is 0.368 e. The zero-order valence-electron chi connectivity index (χ0n) is 11.6. The Bertz CT molecular complexity index is 636. The van der Waals surface area contributed by atoms with Gasteiger partial charge in [-0.2, -0.15) is 4.98 Å². The Labute approximate surface area is 117 Å². The van der Waals surface area contributed by atoms with Crippen LogP contribution in [-0.4, -0.2) is 16.0 Å². The summed E-state index contributed by atoms with van der Waals surface area (Å²) in [7, 11) is 0. The van der Waals surface area contributed by atoms with E-state index < -0.39 is 0 Å². The smallest absolute Gasteiger partial charge is 0.222 e. The number of fused-ring (bicyclic) bond motifs is 1. The fourth-order valence-electron chi connectivity index (χ4n) is 2.77. The van der Waals surface area contributed by atoms with Gasteiger partial charge in [0.1, 0.15) is 11.6 Å². The Kier molecular flexibility index (Phi) is 3.04. The lowest BCUT2D eigenvalue weighted by Crippen LogP contribution is -2.34. The van der Waals surface area contributed by atoms with Crippen molar-refractivity contribution in [3.63, 3.8) is 0 Å². The monoisotopic (exact) mass is 272 g/mol. The van der Waals surface area contributed by atoms with Crippen LogP contribution in [0.25, 0.3) is 0 Å². The number of hydrogen-bond acceptors (Lipinski definition) is 4. The third kappa shape index (κ3) is 2.19. The average molecular weight is 272 g/mol. The van der Waals surface area contributed by atoms with E-state index in [0.29, 0.717) is 6.04 Å². The van der Waals surface area contributed by atoms with E-state index in [0.717, 1.165) is 35.6 Å². The summed E-state index contributed by atoms with van der Waals surface area (Å²) in [6, 6.07) is 7.10. The number of halogens is 1. The lowest BCUT2D eigenvalue weighted by molar-refractivity contribution is 0.595. The molecule has 0 fully saturated rings. The van der Waals surface area contributed by atoms with E-state index in [4.69, 9.17) is 5.73 Å². The van der Waals surface area contributed by atoms with Crippen molar-refractivity contribution in [2.24, 2.45) is 0 Å². The summed E-state index contributed by atoms with van der Waals surface area (Å²) in [6.45, 7) is 4.03. The third-order valence-corrected chi connectivity index (χ3v) is 3.68. The molecule has 4 nitrogen and oxygen atoms in total. The number of hydrogen-bond donors (Lipinski definition) is 1. The molecule has 0 bridgehead atoms. The van der Waals surface area contributed by atoms with Gasteiger partial charge < -0.3 is 10.6 Å². The maximum atomic E-state index is 13.4. The number of nitrogens with zero attached hydrogens (tertiary/aromatic N) is 3. The second-order valence-corrected chi connectivity index (χ2v) is 5.26. The van der Waals surface area contributed by atoms with Crippen molar-refractivity contribution in [3.8, 4) is 0 Å². The van der Waals surface area contributed by atoms with Crippen LogP contribution in [0.3, 0.4) is 0 Å². The maximum absolute atomic E-state index is 13.4. The number of anilines is 3. The second kappa shape index (κ2) is 4.74. The molecule has 2 aromatic rings. The van der Waals surface area contributed by atoms with Crippen LogP contribution in [0.1, 0.15) is 24.6 Å². The van der Waals surface area contributed by atoms with Crippen molar-refractivity contribution < 1.29 is 4.39 Å². The van der Waals surface area contributed by atoms with Crippen molar-refractivity contribution in [1.29, 1.82) is 0 Å². The van der Waals surface area contributed by atoms with Crippen LogP contribution in [0.15, 0.2) is 24.3 Å². The van der Waals surface area contributed by atoms with E-state index >= 15 is 0 Å². The number of rotatable bonds is 1. The minimum atomic E-state index is -0.198. The fourth-order valence-corrected chi connectivity index (χ4v) is 2.77. The van der Waals surface area contributed by atoms with E-state index in [9.17, 15) is 4.39 Å². The molecule has 104 valence electrons. The molecular formula is C15H17FN4. The van der Waals surface area contributed by atoms with Crippen LogP contribution >= 0.6 is 0 Å². The van der Waals surface area contributed by atoms with E-state index in [1.807, 2.05) is 19.1 Å². The molecule has 2 N–H and O–H groups in total. The topological polar surface area (TPSA) is 55.0 Å². The van der Waals surface area contributed by atoms with Crippen molar-refractivity contribution >= 4 is 17.5 Å². The Morgan fingerprint density at radius 1 is 1.30 bits per heavy atom. The van der Waals surface area contributed by atoms with Gasteiger partial charge >= 0.3 is 0 Å². The predicted molar refractivity (Wildman–Crippen MR) is 77.5 cm³/mol. The first-order valence-electron chi connectivity index (χ1n) is 6.73. The average Bonchev–Trinajstić information content (AvgIpc) is 2.37. The van der Waals surface area contributed by atoms with Gasteiger partial charge in [-0.15, -0.1) is 0 Å². The summed E-state index contributed by atoms with van der Waals surface area (Å²) < 4.78 is 13.4. The number of nitrogen functional groups attached to an aromatic ring is 1. The van der Waals surface area contributed by atoms with Gasteiger partial charge in [-0.25, -0.2) is 9.37 Å². The van der Waals surface area contributed by atoms with Gasteiger partial charge in [0.05, 0.1) is 0 Å². The lowest BCUT2D eigenvalue weighted by atomic mass is 9.96. The molecule has 1 aromatic heterocycles. The quantitative estimate of drug-likeness (QED) is 0.867. The van der Waals surface area contributed by atoms with Gasteiger partial charge in [0.2, 0.25) is 5.95 Å². The third-order valence-electron chi connectivity index (χ3n) is 3.68. The molecule has 0 aliphatic carbocycles. The van der Waals surface area contributed by atoms with Crippen LogP contribution in [0.2, 0.25) is 0 Å². The summed E-state index contributed by atoms with van der Waals surface area (Å²) in [6.07, 6.45) is 1.84. The zero-order valence-corrected chi connectivity index (χ0v) is 11.6. The van der Waals surface area contributed by atoms with Crippen LogP contribution in [0.5, 0.6) is 0 Å². The molecule has 1 atom stereocenters. The van der Waals surface area contributed by atoms with Crippen molar-refractivity contribution in [1.82, 2.24) is 9.97 Å². The molecule has 1 unspecified atom stereocenters. The highest BCUT2D eigenvalue weighted by molar-refractivity contribution is 5.67.